The largest absolute Gasteiger partial charge is 0.416 e. The number of halogens is 8. The van der Waals surface area contributed by atoms with Gasteiger partial charge >= 0.3 is 12.4 Å². The highest BCUT2D eigenvalue weighted by atomic mass is 19.4. The molecular weight excluding hydrogens is 620 g/mol. The Morgan fingerprint density at radius 2 is 1.53 bits per heavy atom. The monoisotopic (exact) mass is 640 g/mol. The van der Waals surface area contributed by atoms with E-state index in [1.807, 2.05) is 0 Å². The average molecular weight is 640 g/mol. The lowest BCUT2D eigenvalue weighted by molar-refractivity contribution is -0.143. The average Bonchev–Trinajstić information content (AvgIpc) is 3.75. The van der Waals surface area contributed by atoms with Crippen LogP contribution in [0.3, 0.4) is 0 Å². The van der Waals surface area contributed by atoms with Crippen LogP contribution in [-0.2, 0) is 28.5 Å². The molecule has 5 rings (SSSR count). The molecule has 236 valence electrons. The van der Waals surface area contributed by atoms with Crippen LogP contribution >= 0.6 is 0 Å². The number of carbonyl (C=O) groups excluding carboxylic acids is 4. The van der Waals surface area contributed by atoms with Crippen LogP contribution < -0.4 is 15.5 Å². The topological polar surface area (TPSA) is 108 Å². The van der Waals surface area contributed by atoms with Gasteiger partial charge in [-0.1, -0.05) is 12.1 Å². The summed E-state index contributed by atoms with van der Waals surface area (Å²) in [4.78, 5) is 56.5. The Bertz CT molecular complexity index is 1690. The number of para-hydroxylation sites is 1. The molecule has 2 aliphatic rings. The molecular formula is C29H20F8N4O4. The number of pyridine rings is 1. The highest BCUT2D eigenvalue weighted by Crippen LogP contribution is 2.39. The van der Waals surface area contributed by atoms with Crippen LogP contribution in [0, 0.1) is 11.9 Å². The molecule has 3 aromatic rings. The Hall–Kier alpha value is -4.89. The first-order chi connectivity index (χ1) is 21.0. The van der Waals surface area contributed by atoms with Crippen LogP contribution in [-0.4, -0.2) is 40.1 Å². The third-order valence-electron chi connectivity index (χ3n) is 7.34. The number of fused-ring (bicyclic) bond motifs is 1. The minimum absolute atomic E-state index is 0.0318. The van der Waals surface area contributed by atoms with E-state index in [0.29, 0.717) is 12.1 Å². The third-order valence-corrected chi connectivity index (χ3v) is 7.34. The molecule has 8 nitrogen and oxygen atoms in total. The molecule has 0 unspecified atom stereocenters. The molecule has 1 atom stereocenters. The predicted molar refractivity (Wildman–Crippen MR) is 139 cm³/mol. The van der Waals surface area contributed by atoms with Gasteiger partial charge in [-0.2, -0.15) is 40.1 Å². The van der Waals surface area contributed by atoms with Crippen LogP contribution in [0.15, 0.2) is 54.6 Å². The summed E-state index contributed by atoms with van der Waals surface area (Å²) in [6.45, 7) is -0.832. The van der Waals surface area contributed by atoms with Crippen LogP contribution in [0.2, 0.25) is 0 Å². The highest BCUT2D eigenvalue weighted by molar-refractivity contribution is 6.13. The van der Waals surface area contributed by atoms with Crippen LogP contribution in [0.4, 0.5) is 40.8 Å². The molecule has 1 aliphatic carbocycles. The van der Waals surface area contributed by atoms with Crippen LogP contribution in [0.5, 0.6) is 0 Å². The second-order valence-electron chi connectivity index (χ2n) is 10.5. The number of hydrogen-bond acceptors (Lipinski definition) is 5. The van der Waals surface area contributed by atoms with E-state index in [-0.39, 0.29) is 30.2 Å². The van der Waals surface area contributed by atoms with Gasteiger partial charge in [0.1, 0.15) is 11.6 Å². The Morgan fingerprint density at radius 1 is 0.911 bits per heavy atom. The lowest BCUT2D eigenvalue weighted by atomic mass is 10.0. The number of alkyl halides is 6. The number of carbonyl (C=O) groups is 4. The van der Waals surface area contributed by atoms with Gasteiger partial charge in [-0.05, 0) is 60.9 Å². The zero-order valence-corrected chi connectivity index (χ0v) is 22.7. The van der Waals surface area contributed by atoms with Crippen molar-refractivity contribution >= 4 is 29.2 Å². The van der Waals surface area contributed by atoms with Crippen molar-refractivity contribution in [1.29, 1.82) is 0 Å². The van der Waals surface area contributed by atoms with Gasteiger partial charge in [0.05, 0.1) is 28.9 Å². The Kier molecular flexibility index (Phi) is 7.87. The molecule has 0 radical (unpaired) electrons. The van der Waals surface area contributed by atoms with Gasteiger partial charge in [0.25, 0.3) is 5.91 Å². The number of benzene rings is 2. The Balaban J connectivity index is 1.44. The molecule has 0 bridgehead atoms. The lowest BCUT2D eigenvalue weighted by Gasteiger charge is -2.28. The molecule has 1 fully saturated rings. The molecule has 1 saturated carbocycles. The summed E-state index contributed by atoms with van der Waals surface area (Å²) < 4.78 is 108. The summed E-state index contributed by atoms with van der Waals surface area (Å²) in [5.74, 6) is -6.39. The van der Waals surface area contributed by atoms with Gasteiger partial charge in [0, 0.05) is 12.0 Å². The number of aromatic nitrogens is 1. The fraction of sp³-hybridized carbons (Fsp3) is 0.276. The summed E-state index contributed by atoms with van der Waals surface area (Å²) in [7, 11) is 0. The van der Waals surface area contributed by atoms with Gasteiger partial charge < -0.3 is 15.5 Å². The molecule has 3 amide bonds. The number of nitrogens with zero attached hydrogens (tertiary/aromatic N) is 2. The molecule has 0 spiro atoms. The number of ketones is 1. The smallest absolute Gasteiger partial charge is 0.342 e. The number of Topliss-reactive ketones (excluding diaryl/α,β-unsaturated/α-hetero) is 1. The fourth-order valence-electron chi connectivity index (χ4n) is 4.90. The molecule has 0 saturated heterocycles. The van der Waals surface area contributed by atoms with E-state index in [1.165, 1.54) is 24.3 Å². The van der Waals surface area contributed by atoms with Crippen molar-refractivity contribution in [3.63, 3.8) is 0 Å². The van der Waals surface area contributed by atoms with Crippen molar-refractivity contribution in [1.82, 2.24) is 15.6 Å². The van der Waals surface area contributed by atoms with Crippen molar-refractivity contribution in [2.75, 3.05) is 4.90 Å². The second-order valence-corrected chi connectivity index (χ2v) is 10.5. The van der Waals surface area contributed by atoms with Gasteiger partial charge in [-0.25, -0.2) is 0 Å². The summed E-state index contributed by atoms with van der Waals surface area (Å²) in [6.07, 6.45) is -10.9. The molecule has 1 aromatic heterocycles. The zero-order chi connectivity index (χ0) is 32.9. The van der Waals surface area contributed by atoms with Gasteiger partial charge in [-0.15, -0.1) is 0 Å². The van der Waals surface area contributed by atoms with E-state index in [1.54, 1.807) is 0 Å². The standard InChI is InChI=1S/C29H20F8N4O4/c30-22-6-5-18(23(31)39-22)24(43)40-27(7-8-27)26(45)38-19-12-21(42)17-3-1-2-4-20(17)41(25(19)44)13-14-9-15(28(32,33)34)11-16(10-14)29(35,36)37/h1-6,9-11,19H,7-8,12-13H2,(H,38,45)(H,40,43)/t19-/m1/s1. The minimum Gasteiger partial charge on any atom is -0.342 e. The molecule has 2 aromatic carbocycles. The minimum atomic E-state index is -5.15. The summed E-state index contributed by atoms with van der Waals surface area (Å²) in [5, 5.41) is 4.66. The number of nitrogens with one attached hydrogen (secondary N) is 2. The summed E-state index contributed by atoms with van der Waals surface area (Å²) >= 11 is 0. The lowest BCUT2D eigenvalue weighted by Crippen LogP contribution is -2.55. The van der Waals surface area contributed by atoms with Gasteiger partial charge in [-0.3, -0.25) is 19.2 Å². The molecule has 2 heterocycles. The van der Waals surface area contributed by atoms with Crippen LogP contribution in [0.1, 0.15) is 56.7 Å². The number of hydrogen-bond donors (Lipinski definition) is 2. The first-order valence-electron chi connectivity index (χ1n) is 13.2. The van der Waals surface area contributed by atoms with Crippen molar-refractivity contribution < 1.29 is 54.3 Å². The normalized spacial score (nSPS) is 17.8. The maximum Gasteiger partial charge on any atom is 0.416 e. The number of anilines is 1. The summed E-state index contributed by atoms with van der Waals surface area (Å²) in [5.41, 5.74) is -6.26. The predicted octanol–water partition coefficient (Wildman–Crippen LogP) is 4.96. The first-order valence-corrected chi connectivity index (χ1v) is 13.2. The Morgan fingerprint density at radius 3 is 2.11 bits per heavy atom. The van der Waals surface area contributed by atoms with Crippen molar-refractivity contribution in [2.45, 2.75) is 49.7 Å². The molecule has 45 heavy (non-hydrogen) atoms. The number of amides is 3. The van der Waals surface area contributed by atoms with E-state index in [9.17, 15) is 54.3 Å². The zero-order valence-electron chi connectivity index (χ0n) is 22.7. The van der Waals surface area contributed by atoms with Crippen molar-refractivity contribution in [3.8, 4) is 0 Å². The SMILES string of the molecule is O=C1C[C@@H](NC(=O)C2(NC(=O)c3ccc(F)nc3F)CC2)C(=O)N(Cc2cc(C(F)(F)F)cc(C(F)(F)F)c2)c2ccccc21. The maximum absolute atomic E-state index is 14.0. The van der Waals surface area contributed by atoms with E-state index in [4.69, 9.17) is 0 Å². The number of rotatable bonds is 6. The maximum atomic E-state index is 14.0. The first kappa shape index (κ1) is 31.5. The summed E-state index contributed by atoms with van der Waals surface area (Å²) in [6, 6.07) is 6.13. The fourth-order valence-corrected chi connectivity index (χ4v) is 4.90. The van der Waals surface area contributed by atoms with E-state index < -0.39 is 94.6 Å². The van der Waals surface area contributed by atoms with Crippen molar-refractivity contribution in [2.24, 2.45) is 0 Å². The van der Waals surface area contributed by atoms with Crippen LogP contribution in [0.25, 0.3) is 0 Å². The molecule has 16 heteroatoms. The molecule has 1 aliphatic heterocycles. The van der Waals surface area contributed by atoms with E-state index in [0.717, 1.165) is 17.0 Å². The quantitative estimate of drug-likeness (QED) is 0.293. The van der Waals surface area contributed by atoms with E-state index >= 15 is 0 Å². The van der Waals surface area contributed by atoms with Gasteiger partial charge in [0.15, 0.2) is 5.78 Å². The van der Waals surface area contributed by atoms with Gasteiger partial charge in [0.2, 0.25) is 23.7 Å². The second kappa shape index (κ2) is 11.2. The third kappa shape index (κ3) is 6.49. The highest BCUT2D eigenvalue weighted by Gasteiger charge is 2.53. The van der Waals surface area contributed by atoms with E-state index in [2.05, 4.69) is 15.6 Å². The molecule has 2 N–H and O–H groups in total. The van der Waals surface area contributed by atoms with Crippen molar-refractivity contribution in [3.05, 3.63) is 94.3 Å². The Labute approximate surface area is 248 Å².